The molecule has 1 aliphatic rings. The van der Waals surface area contributed by atoms with Gasteiger partial charge in [-0.05, 0) is 54.8 Å². The molecule has 4 nitrogen and oxygen atoms in total. The van der Waals surface area contributed by atoms with Crippen LogP contribution in [-0.4, -0.2) is 27.8 Å². The highest BCUT2D eigenvalue weighted by Crippen LogP contribution is 2.33. The molecule has 1 saturated heterocycles. The zero-order chi connectivity index (χ0) is 15.8. The second-order valence-corrected chi connectivity index (χ2v) is 8.45. The number of hydrogen-bond acceptors (Lipinski definition) is 3. The minimum absolute atomic E-state index is 0.0154. The molecule has 116 valence electrons. The largest absolute Gasteiger partial charge is 0.340 e. The second kappa shape index (κ2) is 5.72. The van der Waals surface area contributed by atoms with Crippen molar-refractivity contribution < 1.29 is 9.59 Å². The predicted molar refractivity (Wildman–Crippen MR) is 88.1 cm³/mol. The van der Waals surface area contributed by atoms with Gasteiger partial charge in [0.05, 0.1) is 10.3 Å². The molecule has 2 amide bonds. The smallest absolute Gasteiger partial charge is 0.249 e. The summed E-state index contributed by atoms with van der Waals surface area (Å²) in [5.74, 6) is -0.0666. The molecule has 1 fully saturated rings. The first-order valence-electron chi connectivity index (χ1n) is 7.15. The van der Waals surface area contributed by atoms with E-state index in [1.165, 1.54) is 0 Å². The van der Waals surface area contributed by atoms with Gasteiger partial charge in [0.1, 0.15) is 11.1 Å². The Hall–Kier alpha value is -0.880. The summed E-state index contributed by atoms with van der Waals surface area (Å²) in [7, 11) is 0. The maximum Gasteiger partial charge on any atom is 0.249 e. The van der Waals surface area contributed by atoms with E-state index in [0.717, 1.165) is 8.66 Å². The van der Waals surface area contributed by atoms with Gasteiger partial charge < -0.3 is 10.2 Å². The summed E-state index contributed by atoms with van der Waals surface area (Å²) in [4.78, 5) is 28.3. The molecule has 1 N–H and O–H groups in total. The molecular formula is C15H21BrN2O2S. The van der Waals surface area contributed by atoms with Crippen LogP contribution in [0.2, 0.25) is 0 Å². The molecular weight excluding hydrogens is 352 g/mol. The molecule has 1 aromatic rings. The quantitative estimate of drug-likeness (QED) is 0.881. The summed E-state index contributed by atoms with van der Waals surface area (Å²) >= 11 is 5.03. The molecule has 0 spiro atoms. The molecule has 21 heavy (non-hydrogen) atoms. The van der Waals surface area contributed by atoms with Gasteiger partial charge in [-0.3, -0.25) is 9.59 Å². The normalized spacial score (nSPS) is 20.5. The number of carbonyl (C=O) groups is 2. The first-order valence-corrected chi connectivity index (χ1v) is 8.76. The van der Waals surface area contributed by atoms with E-state index < -0.39 is 11.1 Å². The van der Waals surface area contributed by atoms with E-state index in [2.05, 4.69) is 21.2 Å². The number of hydrogen-bond donors (Lipinski definition) is 1. The van der Waals surface area contributed by atoms with E-state index in [1.807, 2.05) is 26.0 Å². The Balaban J connectivity index is 2.38. The number of piperazine rings is 1. The van der Waals surface area contributed by atoms with Crippen molar-refractivity contribution in [1.82, 2.24) is 10.2 Å². The number of nitrogens with zero attached hydrogens (tertiary/aromatic N) is 1. The molecule has 0 aromatic carbocycles. The highest BCUT2D eigenvalue weighted by molar-refractivity contribution is 9.11. The van der Waals surface area contributed by atoms with Crippen molar-refractivity contribution in [1.29, 1.82) is 0 Å². The van der Waals surface area contributed by atoms with E-state index in [-0.39, 0.29) is 11.8 Å². The SMILES string of the molecule is CCC1(CC)NC(=O)C(C)(C)N(Cc2ccc(Br)s2)C1=O. The third kappa shape index (κ3) is 2.75. The van der Waals surface area contributed by atoms with Crippen molar-refractivity contribution in [3.05, 3.63) is 20.8 Å². The lowest BCUT2D eigenvalue weighted by Gasteiger charge is -2.49. The molecule has 1 aliphatic heterocycles. The van der Waals surface area contributed by atoms with Crippen molar-refractivity contribution in [3.8, 4) is 0 Å². The Labute approximate surface area is 138 Å². The third-order valence-electron chi connectivity index (χ3n) is 4.39. The molecule has 0 saturated carbocycles. The lowest BCUT2D eigenvalue weighted by atomic mass is 9.83. The summed E-state index contributed by atoms with van der Waals surface area (Å²) in [6.07, 6.45) is 1.21. The first-order chi connectivity index (χ1) is 9.76. The van der Waals surface area contributed by atoms with Crippen LogP contribution in [0.5, 0.6) is 0 Å². The fraction of sp³-hybridized carbons (Fsp3) is 0.600. The number of nitrogens with one attached hydrogen (secondary N) is 1. The molecule has 0 atom stereocenters. The van der Waals surface area contributed by atoms with Gasteiger partial charge in [0, 0.05) is 4.88 Å². The van der Waals surface area contributed by atoms with E-state index in [1.54, 1.807) is 30.1 Å². The Morgan fingerprint density at radius 3 is 2.33 bits per heavy atom. The van der Waals surface area contributed by atoms with Crippen LogP contribution in [0.3, 0.4) is 0 Å². The molecule has 1 aromatic heterocycles. The van der Waals surface area contributed by atoms with Crippen LogP contribution in [0.15, 0.2) is 15.9 Å². The van der Waals surface area contributed by atoms with Gasteiger partial charge in [-0.25, -0.2) is 0 Å². The van der Waals surface area contributed by atoms with Crippen molar-refractivity contribution >= 4 is 39.1 Å². The van der Waals surface area contributed by atoms with Crippen molar-refractivity contribution in [2.24, 2.45) is 0 Å². The van der Waals surface area contributed by atoms with Crippen LogP contribution < -0.4 is 5.32 Å². The first kappa shape index (κ1) is 16.5. The van der Waals surface area contributed by atoms with Crippen LogP contribution in [0.1, 0.15) is 45.4 Å². The van der Waals surface area contributed by atoms with Gasteiger partial charge in [0.2, 0.25) is 11.8 Å². The van der Waals surface area contributed by atoms with Crippen molar-refractivity contribution in [3.63, 3.8) is 0 Å². The fourth-order valence-corrected chi connectivity index (χ4v) is 4.12. The highest BCUT2D eigenvalue weighted by atomic mass is 79.9. The van der Waals surface area contributed by atoms with Gasteiger partial charge in [0.15, 0.2) is 0 Å². The topological polar surface area (TPSA) is 49.4 Å². The van der Waals surface area contributed by atoms with E-state index in [4.69, 9.17) is 0 Å². The standard InChI is InChI=1S/C15H21BrN2O2S/c1-5-15(6-2)13(20)18(14(3,4)12(19)17-15)9-10-7-8-11(16)21-10/h7-8H,5-6,9H2,1-4H3,(H,17,19). The van der Waals surface area contributed by atoms with Crippen LogP contribution in [0.25, 0.3) is 0 Å². The van der Waals surface area contributed by atoms with E-state index in [9.17, 15) is 9.59 Å². The Morgan fingerprint density at radius 2 is 1.86 bits per heavy atom. The van der Waals surface area contributed by atoms with Crippen LogP contribution >= 0.6 is 27.3 Å². The molecule has 2 rings (SSSR count). The van der Waals surface area contributed by atoms with Gasteiger partial charge in [-0.15, -0.1) is 11.3 Å². The monoisotopic (exact) mass is 372 g/mol. The maximum atomic E-state index is 13.0. The molecule has 0 unspecified atom stereocenters. The summed E-state index contributed by atoms with van der Waals surface area (Å²) in [5.41, 5.74) is -1.59. The molecule has 0 aliphatic carbocycles. The molecule has 6 heteroatoms. The van der Waals surface area contributed by atoms with Gasteiger partial charge >= 0.3 is 0 Å². The third-order valence-corrected chi connectivity index (χ3v) is 6.00. The van der Waals surface area contributed by atoms with Crippen molar-refractivity contribution in [2.75, 3.05) is 0 Å². The molecule has 2 heterocycles. The highest BCUT2D eigenvalue weighted by Gasteiger charge is 2.52. The number of rotatable bonds is 4. The Bertz CT molecular complexity index is 564. The minimum atomic E-state index is -0.832. The summed E-state index contributed by atoms with van der Waals surface area (Å²) < 4.78 is 1.03. The average molecular weight is 373 g/mol. The fourth-order valence-electron chi connectivity index (χ4n) is 2.65. The average Bonchev–Trinajstić information content (AvgIpc) is 2.85. The zero-order valence-corrected chi connectivity index (χ0v) is 15.2. The zero-order valence-electron chi connectivity index (χ0n) is 12.8. The van der Waals surface area contributed by atoms with E-state index >= 15 is 0 Å². The van der Waals surface area contributed by atoms with Crippen molar-refractivity contribution in [2.45, 2.75) is 58.2 Å². The lowest BCUT2D eigenvalue weighted by Crippen LogP contribution is -2.73. The maximum absolute atomic E-state index is 13.0. The number of amides is 2. The number of halogens is 1. The van der Waals surface area contributed by atoms with Gasteiger partial charge in [-0.2, -0.15) is 0 Å². The Morgan fingerprint density at radius 1 is 1.24 bits per heavy atom. The van der Waals surface area contributed by atoms with Crippen LogP contribution in [0, 0.1) is 0 Å². The molecule has 0 radical (unpaired) electrons. The van der Waals surface area contributed by atoms with Crippen LogP contribution in [0.4, 0.5) is 0 Å². The van der Waals surface area contributed by atoms with Gasteiger partial charge in [0.25, 0.3) is 0 Å². The summed E-state index contributed by atoms with van der Waals surface area (Å²) in [5, 5.41) is 2.95. The number of thiophene rings is 1. The van der Waals surface area contributed by atoms with Crippen LogP contribution in [-0.2, 0) is 16.1 Å². The Kier molecular flexibility index (Phi) is 4.49. The molecule has 0 bridgehead atoms. The minimum Gasteiger partial charge on any atom is -0.340 e. The van der Waals surface area contributed by atoms with Gasteiger partial charge in [-0.1, -0.05) is 13.8 Å². The second-order valence-electron chi connectivity index (χ2n) is 5.90. The lowest BCUT2D eigenvalue weighted by molar-refractivity contribution is -0.162. The summed E-state index contributed by atoms with van der Waals surface area (Å²) in [6, 6.07) is 3.96. The predicted octanol–water partition coefficient (Wildman–Crippen LogP) is 3.31. The summed E-state index contributed by atoms with van der Waals surface area (Å²) in [6.45, 7) is 7.97. The van der Waals surface area contributed by atoms with E-state index in [0.29, 0.717) is 19.4 Å². The number of carbonyl (C=O) groups excluding carboxylic acids is 2.